The number of hydrogen-bond donors (Lipinski definition) is 1. The lowest BCUT2D eigenvalue weighted by atomic mass is 10.4. The van der Waals surface area contributed by atoms with E-state index in [1.807, 2.05) is 44.2 Å². The maximum Gasteiger partial charge on any atom is 0.322 e. The van der Waals surface area contributed by atoms with Gasteiger partial charge in [0.1, 0.15) is 0 Å². The average molecular weight is 276 g/mol. The zero-order valence-electron chi connectivity index (χ0n) is 11.0. The highest BCUT2D eigenvalue weighted by Gasteiger charge is 2.08. The summed E-state index contributed by atoms with van der Waals surface area (Å²) in [6.45, 7) is 5.19. The highest BCUT2D eigenvalue weighted by Crippen LogP contribution is 2.25. The van der Waals surface area contributed by atoms with Crippen molar-refractivity contribution in [1.29, 1.82) is 0 Å². The van der Waals surface area contributed by atoms with E-state index in [2.05, 4.69) is 20.3 Å². The molecule has 0 atom stereocenters. The van der Waals surface area contributed by atoms with Gasteiger partial charge in [0.25, 0.3) is 0 Å². The number of anilines is 1. The van der Waals surface area contributed by atoms with E-state index in [1.165, 1.54) is 11.8 Å². The molecule has 19 heavy (non-hydrogen) atoms. The molecule has 2 aromatic rings. The number of benzene rings is 1. The summed E-state index contributed by atoms with van der Waals surface area (Å²) in [6, 6.07) is 10.3. The fourth-order valence-corrected chi connectivity index (χ4v) is 2.17. The molecule has 0 amide bonds. The summed E-state index contributed by atoms with van der Waals surface area (Å²) in [5.41, 5.74) is 0. The SMILES string of the molecule is CCNc1nc(OCC)nc(Sc2ccccc2)n1. The van der Waals surface area contributed by atoms with Crippen molar-refractivity contribution in [3.05, 3.63) is 30.3 Å². The minimum absolute atomic E-state index is 0.354. The van der Waals surface area contributed by atoms with Crippen LogP contribution in [0.1, 0.15) is 13.8 Å². The molecule has 2 rings (SSSR count). The Morgan fingerprint density at radius 2 is 1.89 bits per heavy atom. The van der Waals surface area contributed by atoms with Crippen LogP contribution in [-0.2, 0) is 0 Å². The first-order valence-electron chi connectivity index (χ1n) is 6.17. The van der Waals surface area contributed by atoms with Gasteiger partial charge < -0.3 is 10.1 Å². The number of ether oxygens (including phenoxy) is 1. The van der Waals surface area contributed by atoms with E-state index in [-0.39, 0.29) is 0 Å². The van der Waals surface area contributed by atoms with Crippen LogP contribution in [0.15, 0.2) is 40.4 Å². The molecule has 100 valence electrons. The Balaban J connectivity index is 2.23. The van der Waals surface area contributed by atoms with Gasteiger partial charge in [0, 0.05) is 11.4 Å². The number of rotatable bonds is 6. The van der Waals surface area contributed by atoms with Crippen LogP contribution in [0.3, 0.4) is 0 Å². The first kappa shape index (κ1) is 13.6. The number of hydrogen-bond acceptors (Lipinski definition) is 6. The first-order valence-corrected chi connectivity index (χ1v) is 6.99. The molecular weight excluding hydrogens is 260 g/mol. The average Bonchev–Trinajstić information content (AvgIpc) is 2.40. The largest absolute Gasteiger partial charge is 0.464 e. The Labute approximate surface area is 116 Å². The molecule has 0 radical (unpaired) electrons. The third kappa shape index (κ3) is 4.10. The van der Waals surface area contributed by atoms with Crippen LogP contribution in [0.2, 0.25) is 0 Å². The van der Waals surface area contributed by atoms with Crippen molar-refractivity contribution in [2.45, 2.75) is 23.9 Å². The first-order chi connectivity index (χ1) is 9.31. The van der Waals surface area contributed by atoms with E-state index >= 15 is 0 Å². The molecule has 0 unspecified atom stereocenters. The number of nitrogens with one attached hydrogen (secondary N) is 1. The molecule has 0 bridgehead atoms. The zero-order valence-corrected chi connectivity index (χ0v) is 11.8. The molecule has 0 saturated carbocycles. The molecule has 1 heterocycles. The predicted octanol–water partition coefficient (Wildman–Crippen LogP) is 2.85. The van der Waals surface area contributed by atoms with Crippen molar-refractivity contribution in [2.24, 2.45) is 0 Å². The van der Waals surface area contributed by atoms with Gasteiger partial charge in [-0.1, -0.05) is 18.2 Å². The molecule has 1 N–H and O–H groups in total. The third-order valence-corrected chi connectivity index (χ3v) is 3.03. The van der Waals surface area contributed by atoms with Gasteiger partial charge >= 0.3 is 6.01 Å². The van der Waals surface area contributed by atoms with Crippen LogP contribution in [0.25, 0.3) is 0 Å². The second kappa shape index (κ2) is 6.94. The summed E-state index contributed by atoms with van der Waals surface area (Å²) in [6.07, 6.45) is 0. The molecule has 0 aliphatic heterocycles. The van der Waals surface area contributed by atoms with Crippen molar-refractivity contribution >= 4 is 17.7 Å². The van der Waals surface area contributed by atoms with E-state index in [0.717, 1.165) is 11.4 Å². The lowest BCUT2D eigenvalue weighted by Crippen LogP contribution is -2.07. The van der Waals surface area contributed by atoms with Gasteiger partial charge in [-0.2, -0.15) is 15.0 Å². The lowest BCUT2D eigenvalue weighted by molar-refractivity contribution is 0.308. The van der Waals surface area contributed by atoms with Crippen LogP contribution < -0.4 is 10.1 Å². The van der Waals surface area contributed by atoms with E-state index in [0.29, 0.717) is 23.7 Å². The molecular formula is C13H16N4OS. The van der Waals surface area contributed by atoms with Crippen LogP contribution in [0, 0.1) is 0 Å². The van der Waals surface area contributed by atoms with Gasteiger partial charge in [0.05, 0.1) is 6.61 Å². The lowest BCUT2D eigenvalue weighted by Gasteiger charge is -2.07. The molecule has 0 fully saturated rings. The minimum Gasteiger partial charge on any atom is -0.464 e. The van der Waals surface area contributed by atoms with Crippen molar-refractivity contribution in [3.63, 3.8) is 0 Å². The van der Waals surface area contributed by atoms with Crippen LogP contribution >= 0.6 is 11.8 Å². The zero-order chi connectivity index (χ0) is 13.5. The van der Waals surface area contributed by atoms with E-state index in [9.17, 15) is 0 Å². The predicted molar refractivity (Wildman–Crippen MR) is 75.7 cm³/mol. The molecule has 5 nitrogen and oxygen atoms in total. The molecule has 0 aliphatic carbocycles. The van der Waals surface area contributed by atoms with Gasteiger partial charge in [-0.15, -0.1) is 0 Å². The van der Waals surface area contributed by atoms with Crippen LogP contribution in [0.5, 0.6) is 6.01 Å². The second-order valence-electron chi connectivity index (χ2n) is 3.60. The maximum atomic E-state index is 5.36. The molecule has 0 spiro atoms. The monoisotopic (exact) mass is 276 g/mol. The van der Waals surface area contributed by atoms with Gasteiger partial charge in [0.15, 0.2) is 0 Å². The van der Waals surface area contributed by atoms with E-state index < -0.39 is 0 Å². The van der Waals surface area contributed by atoms with Crippen molar-refractivity contribution in [2.75, 3.05) is 18.5 Å². The van der Waals surface area contributed by atoms with Gasteiger partial charge in [0.2, 0.25) is 11.1 Å². The highest BCUT2D eigenvalue weighted by atomic mass is 32.2. The summed E-state index contributed by atoms with van der Waals surface area (Å²) in [7, 11) is 0. The second-order valence-corrected chi connectivity index (χ2v) is 4.64. The van der Waals surface area contributed by atoms with Crippen molar-refractivity contribution in [1.82, 2.24) is 15.0 Å². The summed E-state index contributed by atoms with van der Waals surface area (Å²) in [5, 5.41) is 3.70. The fraction of sp³-hybridized carbons (Fsp3) is 0.308. The maximum absolute atomic E-state index is 5.36. The quantitative estimate of drug-likeness (QED) is 0.875. The number of nitrogens with zero attached hydrogens (tertiary/aromatic N) is 3. The van der Waals surface area contributed by atoms with Gasteiger partial charge in [-0.05, 0) is 37.7 Å². The van der Waals surface area contributed by atoms with Gasteiger partial charge in [-0.3, -0.25) is 0 Å². The minimum atomic E-state index is 0.354. The van der Waals surface area contributed by atoms with Crippen LogP contribution in [0.4, 0.5) is 5.95 Å². The van der Waals surface area contributed by atoms with E-state index in [4.69, 9.17) is 4.74 Å². The Morgan fingerprint density at radius 1 is 1.11 bits per heavy atom. The topological polar surface area (TPSA) is 59.9 Å². The fourth-order valence-electron chi connectivity index (χ4n) is 1.41. The molecule has 1 aromatic heterocycles. The Kier molecular flexibility index (Phi) is 4.97. The van der Waals surface area contributed by atoms with E-state index in [1.54, 1.807) is 0 Å². The van der Waals surface area contributed by atoms with Crippen molar-refractivity contribution in [3.8, 4) is 6.01 Å². The molecule has 6 heteroatoms. The van der Waals surface area contributed by atoms with Gasteiger partial charge in [-0.25, -0.2) is 0 Å². The smallest absolute Gasteiger partial charge is 0.322 e. The normalized spacial score (nSPS) is 10.2. The molecule has 0 aliphatic rings. The summed E-state index contributed by atoms with van der Waals surface area (Å²) >= 11 is 1.49. The molecule has 1 aromatic carbocycles. The van der Waals surface area contributed by atoms with Crippen molar-refractivity contribution < 1.29 is 4.74 Å². The summed E-state index contributed by atoms with van der Waals surface area (Å²) in [5.74, 6) is 0.541. The standard InChI is InChI=1S/C13H16N4OS/c1-3-14-11-15-12(18-4-2)17-13(16-11)19-10-8-6-5-7-9-10/h5-9H,3-4H2,1-2H3,(H,14,15,16,17). The third-order valence-electron chi connectivity index (χ3n) is 2.16. The summed E-state index contributed by atoms with van der Waals surface area (Å²) < 4.78 is 5.36. The summed E-state index contributed by atoms with van der Waals surface area (Å²) in [4.78, 5) is 13.9. The Morgan fingerprint density at radius 3 is 2.58 bits per heavy atom. The molecule has 0 saturated heterocycles. The number of aromatic nitrogens is 3. The highest BCUT2D eigenvalue weighted by molar-refractivity contribution is 7.99. The Bertz CT molecular complexity index is 497. The van der Waals surface area contributed by atoms with Crippen LogP contribution in [-0.4, -0.2) is 28.1 Å². The Hall–Kier alpha value is -1.82.